The normalized spacial score (nSPS) is 10.6. The summed E-state index contributed by atoms with van der Waals surface area (Å²) in [4.78, 5) is 1.41. The minimum Gasteiger partial charge on any atom is -0.313 e. The standard InChI is InChI=1S/C13H21NS/c1-4-8-14-10-12-6-7-13(15-5-2)11(3)9-12/h6-7,9,14H,4-5,8,10H2,1-3H3. The van der Waals surface area contributed by atoms with Gasteiger partial charge in [0.1, 0.15) is 0 Å². The molecule has 1 aromatic carbocycles. The zero-order chi connectivity index (χ0) is 11.1. The lowest BCUT2D eigenvalue weighted by Crippen LogP contribution is -2.13. The number of benzene rings is 1. The summed E-state index contributed by atoms with van der Waals surface area (Å²) in [5.74, 6) is 1.15. The second-order valence-corrected chi connectivity index (χ2v) is 5.02. The van der Waals surface area contributed by atoms with E-state index in [1.165, 1.54) is 22.4 Å². The largest absolute Gasteiger partial charge is 0.313 e. The SMILES string of the molecule is CCCNCc1ccc(SCC)c(C)c1. The topological polar surface area (TPSA) is 12.0 Å². The molecule has 84 valence electrons. The molecular weight excluding hydrogens is 202 g/mol. The highest BCUT2D eigenvalue weighted by molar-refractivity contribution is 7.99. The zero-order valence-corrected chi connectivity index (χ0v) is 10.8. The van der Waals surface area contributed by atoms with Crippen LogP contribution in [0.2, 0.25) is 0 Å². The van der Waals surface area contributed by atoms with Crippen LogP contribution in [0.1, 0.15) is 31.4 Å². The van der Waals surface area contributed by atoms with Crippen molar-refractivity contribution in [1.29, 1.82) is 0 Å². The van der Waals surface area contributed by atoms with Crippen LogP contribution in [0.4, 0.5) is 0 Å². The minimum atomic E-state index is 0.992. The molecule has 0 unspecified atom stereocenters. The van der Waals surface area contributed by atoms with E-state index < -0.39 is 0 Å². The molecule has 1 nitrogen and oxygen atoms in total. The van der Waals surface area contributed by atoms with Crippen LogP contribution in [0.5, 0.6) is 0 Å². The number of thioether (sulfide) groups is 1. The monoisotopic (exact) mass is 223 g/mol. The molecule has 1 aromatic rings. The molecule has 0 saturated heterocycles. The van der Waals surface area contributed by atoms with Crippen LogP contribution in [0, 0.1) is 6.92 Å². The fourth-order valence-corrected chi connectivity index (χ4v) is 2.31. The average molecular weight is 223 g/mol. The summed E-state index contributed by atoms with van der Waals surface area (Å²) in [6, 6.07) is 6.76. The lowest BCUT2D eigenvalue weighted by Gasteiger charge is -2.08. The van der Waals surface area contributed by atoms with Crippen molar-refractivity contribution >= 4 is 11.8 Å². The molecule has 0 fully saturated rings. The highest BCUT2D eigenvalue weighted by atomic mass is 32.2. The van der Waals surface area contributed by atoms with Gasteiger partial charge in [-0.2, -0.15) is 0 Å². The van der Waals surface area contributed by atoms with Crippen LogP contribution in [-0.2, 0) is 6.54 Å². The molecule has 0 aliphatic heterocycles. The molecule has 0 saturated carbocycles. The van der Waals surface area contributed by atoms with Crippen molar-refractivity contribution in [2.45, 2.75) is 38.6 Å². The van der Waals surface area contributed by atoms with Crippen molar-refractivity contribution < 1.29 is 0 Å². The molecular formula is C13H21NS. The second-order valence-electron chi connectivity index (χ2n) is 3.71. The van der Waals surface area contributed by atoms with E-state index in [0.717, 1.165) is 18.8 Å². The fourth-order valence-electron chi connectivity index (χ4n) is 1.55. The summed E-state index contributed by atoms with van der Waals surface area (Å²) in [6.45, 7) is 8.68. The number of hydrogen-bond acceptors (Lipinski definition) is 2. The first-order valence-corrected chi connectivity index (χ1v) is 6.69. The maximum Gasteiger partial charge on any atom is 0.0205 e. The van der Waals surface area contributed by atoms with Gasteiger partial charge in [-0.3, -0.25) is 0 Å². The van der Waals surface area contributed by atoms with Gasteiger partial charge in [-0.25, -0.2) is 0 Å². The van der Waals surface area contributed by atoms with Gasteiger partial charge in [0.05, 0.1) is 0 Å². The third kappa shape index (κ3) is 4.27. The highest BCUT2D eigenvalue weighted by Crippen LogP contribution is 2.22. The molecule has 0 aliphatic carbocycles. The molecule has 1 rings (SSSR count). The summed E-state index contributed by atoms with van der Waals surface area (Å²) in [5.41, 5.74) is 2.79. The molecule has 0 radical (unpaired) electrons. The Labute approximate surface area is 97.7 Å². The Kier molecular flexibility index (Phi) is 5.81. The fraction of sp³-hybridized carbons (Fsp3) is 0.538. The van der Waals surface area contributed by atoms with Gasteiger partial charge in [0, 0.05) is 11.4 Å². The molecule has 0 heterocycles. The Balaban J connectivity index is 2.56. The lowest BCUT2D eigenvalue weighted by molar-refractivity contribution is 0.675. The molecule has 0 spiro atoms. The van der Waals surface area contributed by atoms with E-state index in [1.54, 1.807) is 0 Å². The molecule has 0 bridgehead atoms. The van der Waals surface area contributed by atoms with E-state index in [9.17, 15) is 0 Å². The highest BCUT2D eigenvalue weighted by Gasteiger charge is 1.99. The molecule has 2 heteroatoms. The Hall–Kier alpha value is -0.470. The Morgan fingerprint density at radius 3 is 2.67 bits per heavy atom. The minimum absolute atomic E-state index is 0.992. The van der Waals surface area contributed by atoms with Crippen molar-refractivity contribution in [2.24, 2.45) is 0 Å². The third-order valence-corrected chi connectivity index (χ3v) is 3.35. The van der Waals surface area contributed by atoms with E-state index in [-0.39, 0.29) is 0 Å². The predicted molar refractivity (Wildman–Crippen MR) is 69.6 cm³/mol. The molecule has 0 aromatic heterocycles. The Morgan fingerprint density at radius 1 is 1.27 bits per heavy atom. The number of rotatable bonds is 6. The van der Waals surface area contributed by atoms with Gasteiger partial charge < -0.3 is 5.32 Å². The Morgan fingerprint density at radius 2 is 2.07 bits per heavy atom. The van der Waals surface area contributed by atoms with Crippen molar-refractivity contribution in [3.8, 4) is 0 Å². The summed E-state index contributed by atoms with van der Waals surface area (Å²) < 4.78 is 0. The average Bonchev–Trinajstić information content (AvgIpc) is 2.23. The summed E-state index contributed by atoms with van der Waals surface area (Å²) in [6.07, 6.45) is 1.20. The Bertz CT molecular complexity index is 297. The molecule has 0 aliphatic rings. The summed E-state index contributed by atoms with van der Waals surface area (Å²) in [5, 5.41) is 3.42. The van der Waals surface area contributed by atoms with Gasteiger partial charge in [-0.15, -0.1) is 11.8 Å². The summed E-state index contributed by atoms with van der Waals surface area (Å²) in [7, 11) is 0. The van der Waals surface area contributed by atoms with Crippen molar-refractivity contribution in [1.82, 2.24) is 5.32 Å². The van der Waals surface area contributed by atoms with Crippen molar-refractivity contribution in [2.75, 3.05) is 12.3 Å². The van der Waals surface area contributed by atoms with Gasteiger partial charge in [0.2, 0.25) is 0 Å². The predicted octanol–water partition coefficient (Wildman–Crippen LogP) is 3.61. The number of aryl methyl sites for hydroxylation is 1. The van der Waals surface area contributed by atoms with E-state index in [2.05, 4.69) is 44.3 Å². The van der Waals surface area contributed by atoms with Crippen LogP contribution in [0.25, 0.3) is 0 Å². The van der Waals surface area contributed by atoms with E-state index in [4.69, 9.17) is 0 Å². The van der Waals surface area contributed by atoms with Gasteiger partial charge in [0.25, 0.3) is 0 Å². The second kappa shape index (κ2) is 6.91. The summed E-state index contributed by atoms with van der Waals surface area (Å²) >= 11 is 1.92. The molecule has 1 N–H and O–H groups in total. The van der Waals surface area contributed by atoms with Gasteiger partial charge >= 0.3 is 0 Å². The van der Waals surface area contributed by atoms with E-state index >= 15 is 0 Å². The quantitative estimate of drug-likeness (QED) is 0.584. The lowest BCUT2D eigenvalue weighted by atomic mass is 10.1. The number of hydrogen-bond donors (Lipinski definition) is 1. The smallest absolute Gasteiger partial charge is 0.0205 e. The maximum absolute atomic E-state index is 3.42. The first-order valence-electron chi connectivity index (χ1n) is 5.71. The van der Waals surface area contributed by atoms with Crippen molar-refractivity contribution in [3.05, 3.63) is 29.3 Å². The van der Waals surface area contributed by atoms with Crippen LogP contribution >= 0.6 is 11.8 Å². The van der Waals surface area contributed by atoms with E-state index in [1.807, 2.05) is 11.8 Å². The molecule has 15 heavy (non-hydrogen) atoms. The zero-order valence-electron chi connectivity index (χ0n) is 9.97. The van der Waals surface area contributed by atoms with Crippen LogP contribution in [0.15, 0.2) is 23.1 Å². The first kappa shape index (κ1) is 12.6. The first-order chi connectivity index (χ1) is 7.27. The van der Waals surface area contributed by atoms with Gasteiger partial charge in [0.15, 0.2) is 0 Å². The van der Waals surface area contributed by atoms with E-state index in [0.29, 0.717) is 0 Å². The van der Waals surface area contributed by atoms with Gasteiger partial charge in [-0.05, 0) is 42.8 Å². The molecule has 0 atom stereocenters. The van der Waals surface area contributed by atoms with Crippen LogP contribution in [0.3, 0.4) is 0 Å². The maximum atomic E-state index is 3.42. The number of nitrogens with one attached hydrogen (secondary N) is 1. The third-order valence-electron chi connectivity index (χ3n) is 2.30. The van der Waals surface area contributed by atoms with Crippen molar-refractivity contribution in [3.63, 3.8) is 0 Å². The van der Waals surface area contributed by atoms with Crippen LogP contribution in [-0.4, -0.2) is 12.3 Å². The molecule has 0 amide bonds. The van der Waals surface area contributed by atoms with Crippen LogP contribution < -0.4 is 5.32 Å². The van der Waals surface area contributed by atoms with Gasteiger partial charge in [-0.1, -0.05) is 26.0 Å².